The third-order valence-electron chi connectivity index (χ3n) is 4.79. The Kier molecular flexibility index (Phi) is 6.52. The van der Waals surface area contributed by atoms with Gasteiger partial charge in [0, 0.05) is 12.6 Å². The van der Waals surface area contributed by atoms with E-state index in [-0.39, 0.29) is 35.1 Å². The topological polar surface area (TPSA) is 71.1 Å². The first kappa shape index (κ1) is 19.0. The van der Waals surface area contributed by atoms with Crippen molar-refractivity contribution in [3.8, 4) is 0 Å². The van der Waals surface area contributed by atoms with Gasteiger partial charge in [0.05, 0.1) is 0 Å². The highest BCUT2D eigenvalue weighted by atomic mass is 19.1. The van der Waals surface area contributed by atoms with E-state index in [0.29, 0.717) is 18.5 Å². The Morgan fingerprint density at radius 3 is 2.41 bits per heavy atom. The summed E-state index contributed by atoms with van der Waals surface area (Å²) in [4.78, 5) is 28.8. The molecule has 0 atom stereocenters. The van der Waals surface area contributed by atoms with E-state index < -0.39 is 0 Å². The largest absolute Gasteiger partial charge is 0.350 e. The van der Waals surface area contributed by atoms with Crippen LogP contribution >= 0.6 is 0 Å². The third-order valence-corrected chi connectivity index (χ3v) is 4.79. The van der Waals surface area contributed by atoms with Gasteiger partial charge < -0.3 is 10.6 Å². The summed E-state index contributed by atoms with van der Waals surface area (Å²) in [6.07, 6.45) is 5.84. The monoisotopic (exact) mass is 369 g/mol. The van der Waals surface area contributed by atoms with E-state index in [1.165, 1.54) is 12.5 Å². The van der Waals surface area contributed by atoms with Crippen molar-refractivity contribution in [3.05, 3.63) is 65.2 Å². The van der Waals surface area contributed by atoms with Gasteiger partial charge in [0.2, 0.25) is 0 Å². The molecule has 0 bridgehead atoms. The second-order valence-corrected chi connectivity index (χ2v) is 6.81. The summed E-state index contributed by atoms with van der Waals surface area (Å²) in [5.41, 5.74) is 0.966. The summed E-state index contributed by atoms with van der Waals surface area (Å²) in [5, 5.41) is 5.72. The molecular formula is C21H24FN3O2. The van der Waals surface area contributed by atoms with Crippen molar-refractivity contribution in [1.29, 1.82) is 0 Å². The molecule has 1 aromatic carbocycles. The number of carbonyl (C=O) groups is 2. The maximum absolute atomic E-state index is 13.6. The summed E-state index contributed by atoms with van der Waals surface area (Å²) in [6.45, 7) is 0.292. The Balaban J connectivity index is 1.55. The molecule has 0 unspecified atom stereocenters. The standard InChI is InChI=1S/C21H24FN3O2/c22-17-10-5-4-7-15(17)13-14-23-20(26)18-11-6-12-19(25-18)21(27)24-16-8-2-1-3-9-16/h4-7,10-12,16H,1-3,8-9,13-14H2,(H,23,26)(H,24,27). The fraction of sp³-hybridized carbons (Fsp3) is 0.381. The molecule has 1 heterocycles. The molecule has 1 saturated carbocycles. The van der Waals surface area contributed by atoms with Crippen LogP contribution < -0.4 is 10.6 Å². The van der Waals surface area contributed by atoms with Gasteiger partial charge in [-0.3, -0.25) is 9.59 Å². The Morgan fingerprint density at radius 1 is 0.963 bits per heavy atom. The summed E-state index contributed by atoms with van der Waals surface area (Å²) < 4.78 is 13.6. The van der Waals surface area contributed by atoms with Gasteiger partial charge >= 0.3 is 0 Å². The molecule has 1 aromatic heterocycles. The first-order valence-electron chi connectivity index (χ1n) is 9.43. The molecule has 5 nitrogen and oxygen atoms in total. The lowest BCUT2D eigenvalue weighted by Crippen LogP contribution is -2.37. The quantitative estimate of drug-likeness (QED) is 0.821. The number of hydrogen-bond acceptors (Lipinski definition) is 3. The van der Waals surface area contributed by atoms with Gasteiger partial charge in [-0.1, -0.05) is 43.5 Å². The number of rotatable bonds is 6. The fourth-order valence-corrected chi connectivity index (χ4v) is 3.30. The molecule has 1 fully saturated rings. The summed E-state index contributed by atoms with van der Waals surface area (Å²) in [6, 6.07) is 11.5. The number of halogens is 1. The summed E-state index contributed by atoms with van der Waals surface area (Å²) in [5.74, 6) is -0.909. The molecule has 0 radical (unpaired) electrons. The number of hydrogen-bond donors (Lipinski definition) is 2. The molecule has 6 heteroatoms. The third kappa shape index (κ3) is 5.36. The smallest absolute Gasteiger partial charge is 0.270 e. The minimum Gasteiger partial charge on any atom is -0.350 e. The van der Waals surface area contributed by atoms with Crippen molar-refractivity contribution < 1.29 is 14.0 Å². The first-order chi connectivity index (χ1) is 13.1. The highest BCUT2D eigenvalue weighted by Gasteiger charge is 2.18. The number of aromatic nitrogens is 1. The normalized spacial score (nSPS) is 14.6. The molecule has 1 aliphatic rings. The van der Waals surface area contributed by atoms with Crippen LogP contribution in [0.3, 0.4) is 0 Å². The van der Waals surface area contributed by atoms with E-state index in [4.69, 9.17) is 0 Å². The molecule has 0 saturated heterocycles. The molecular weight excluding hydrogens is 345 g/mol. The van der Waals surface area contributed by atoms with Crippen LogP contribution in [0.2, 0.25) is 0 Å². The van der Waals surface area contributed by atoms with E-state index in [1.807, 2.05) is 0 Å². The Hall–Kier alpha value is -2.76. The maximum atomic E-state index is 13.6. The van der Waals surface area contributed by atoms with Gasteiger partial charge in [-0.15, -0.1) is 0 Å². The van der Waals surface area contributed by atoms with Crippen LogP contribution in [-0.2, 0) is 6.42 Å². The van der Waals surface area contributed by atoms with Crippen LogP contribution in [0.4, 0.5) is 4.39 Å². The molecule has 3 rings (SSSR count). The lowest BCUT2D eigenvalue weighted by Gasteiger charge is -2.22. The minimum absolute atomic E-state index is 0.180. The summed E-state index contributed by atoms with van der Waals surface area (Å²) >= 11 is 0. The fourth-order valence-electron chi connectivity index (χ4n) is 3.30. The van der Waals surface area contributed by atoms with Crippen LogP contribution in [0.15, 0.2) is 42.5 Å². The van der Waals surface area contributed by atoms with Gasteiger partial charge in [0.15, 0.2) is 0 Å². The zero-order chi connectivity index (χ0) is 19.1. The number of nitrogens with one attached hydrogen (secondary N) is 2. The van der Waals surface area contributed by atoms with Gasteiger partial charge in [0.1, 0.15) is 17.2 Å². The van der Waals surface area contributed by atoms with Crippen LogP contribution in [0.1, 0.15) is 58.6 Å². The van der Waals surface area contributed by atoms with Gasteiger partial charge in [-0.2, -0.15) is 0 Å². The van der Waals surface area contributed by atoms with Crippen LogP contribution in [0.25, 0.3) is 0 Å². The SMILES string of the molecule is O=C(NCCc1ccccc1F)c1cccc(C(=O)NC2CCCCC2)n1. The predicted octanol–water partition coefficient (Wildman–Crippen LogP) is 3.26. The van der Waals surface area contributed by atoms with E-state index >= 15 is 0 Å². The molecule has 1 aliphatic carbocycles. The zero-order valence-electron chi connectivity index (χ0n) is 15.2. The lowest BCUT2D eigenvalue weighted by molar-refractivity contribution is 0.0922. The average molecular weight is 369 g/mol. The second kappa shape index (κ2) is 9.26. The zero-order valence-corrected chi connectivity index (χ0v) is 15.2. The molecule has 2 N–H and O–H groups in total. The molecule has 142 valence electrons. The molecule has 2 amide bonds. The first-order valence-corrected chi connectivity index (χ1v) is 9.43. The average Bonchev–Trinajstić information content (AvgIpc) is 2.70. The molecule has 0 spiro atoms. The number of carbonyl (C=O) groups excluding carboxylic acids is 2. The van der Waals surface area contributed by atoms with E-state index in [0.717, 1.165) is 25.7 Å². The molecule has 2 aromatic rings. The van der Waals surface area contributed by atoms with Crippen molar-refractivity contribution >= 4 is 11.8 Å². The number of amides is 2. The van der Waals surface area contributed by atoms with Gasteiger partial charge in [0.25, 0.3) is 11.8 Å². The van der Waals surface area contributed by atoms with E-state index in [2.05, 4.69) is 15.6 Å². The van der Waals surface area contributed by atoms with Crippen LogP contribution in [0, 0.1) is 5.82 Å². The second-order valence-electron chi connectivity index (χ2n) is 6.81. The Morgan fingerprint density at radius 2 is 1.67 bits per heavy atom. The van der Waals surface area contributed by atoms with Crippen LogP contribution in [0.5, 0.6) is 0 Å². The highest BCUT2D eigenvalue weighted by molar-refractivity contribution is 5.96. The van der Waals surface area contributed by atoms with Gasteiger partial charge in [-0.05, 0) is 43.0 Å². The number of pyridine rings is 1. The summed E-state index contributed by atoms with van der Waals surface area (Å²) in [7, 11) is 0. The van der Waals surface area contributed by atoms with Crippen molar-refractivity contribution in [1.82, 2.24) is 15.6 Å². The molecule has 0 aliphatic heterocycles. The maximum Gasteiger partial charge on any atom is 0.270 e. The van der Waals surface area contributed by atoms with Crippen molar-refractivity contribution in [2.24, 2.45) is 0 Å². The number of nitrogens with zero attached hydrogens (tertiary/aromatic N) is 1. The highest BCUT2D eigenvalue weighted by Crippen LogP contribution is 2.17. The number of benzene rings is 1. The van der Waals surface area contributed by atoms with Crippen molar-refractivity contribution in [2.75, 3.05) is 6.54 Å². The van der Waals surface area contributed by atoms with E-state index in [9.17, 15) is 14.0 Å². The van der Waals surface area contributed by atoms with Crippen molar-refractivity contribution in [2.45, 2.75) is 44.6 Å². The predicted molar refractivity (Wildman–Crippen MR) is 101 cm³/mol. The minimum atomic E-state index is -0.376. The van der Waals surface area contributed by atoms with Crippen LogP contribution in [-0.4, -0.2) is 29.4 Å². The Labute approximate surface area is 158 Å². The lowest BCUT2D eigenvalue weighted by atomic mass is 9.95. The Bertz CT molecular complexity index is 804. The molecule has 27 heavy (non-hydrogen) atoms. The van der Waals surface area contributed by atoms with E-state index in [1.54, 1.807) is 36.4 Å². The van der Waals surface area contributed by atoms with Crippen molar-refractivity contribution in [3.63, 3.8) is 0 Å². The van der Waals surface area contributed by atoms with Gasteiger partial charge in [-0.25, -0.2) is 9.37 Å².